The maximum Gasteiger partial charge on any atom is 0.346 e. The van der Waals surface area contributed by atoms with Gasteiger partial charge in [0.2, 0.25) is 0 Å². The summed E-state index contributed by atoms with van der Waals surface area (Å²) >= 11 is 0. The van der Waals surface area contributed by atoms with Crippen LogP contribution in [0.15, 0.2) is 46.2 Å². The zero-order valence-corrected chi connectivity index (χ0v) is 10.6. The molecule has 0 fully saturated rings. The Balaban J connectivity index is 2.31. The highest BCUT2D eigenvalue weighted by Crippen LogP contribution is 2.17. The molecule has 0 unspecified atom stereocenters. The minimum Gasteiger partial charge on any atom is -0.291 e. The van der Waals surface area contributed by atoms with Crippen molar-refractivity contribution in [2.75, 3.05) is 4.72 Å². The molecule has 10 heteroatoms. The van der Waals surface area contributed by atoms with Crippen LogP contribution in [0.3, 0.4) is 0 Å². The van der Waals surface area contributed by atoms with E-state index in [2.05, 4.69) is 14.7 Å². The Morgan fingerprint density at radius 2 is 1.85 bits per heavy atom. The second kappa shape index (κ2) is 5.09. The van der Waals surface area contributed by atoms with Gasteiger partial charge in [0.25, 0.3) is 15.7 Å². The number of aromatic amines is 1. The molecule has 0 aliphatic heterocycles. The molecular formula is C10H8N4O5S. The van der Waals surface area contributed by atoms with Crippen molar-refractivity contribution in [3.8, 4) is 0 Å². The largest absolute Gasteiger partial charge is 0.346 e. The molecule has 0 saturated carbocycles. The number of nitro groups is 1. The number of nitrogens with one attached hydrogen (secondary N) is 2. The van der Waals surface area contributed by atoms with E-state index in [-0.39, 0.29) is 16.4 Å². The van der Waals surface area contributed by atoms with E-state index in [0.717, 1.165) is 30.5 Å². The summed E-state index contributed by atoms with van der Waals surface area (Å²) in [7, 11) is -3.94. The lowest BCUT2D eigenvalue weighted by molar-refractivity contribution is -0.384. The quantitative estimate of drug-likeness (QED) is 0.622. The monoisotopic (exact) mass is 296 g/mol. The molecule has 0 radical (unpaired) electrons. The topological polar surface area (TPSA) is 135 Å². The molecule has 2 rings (SSSR count). The third-order valence-corrected chi connectivity index (χ3v) is 3.66. The molecule has 0 atom stereocenters. The van der Waals surface area contributed by atoms with Gasteiger partial charge in [-0.15, -0.1) is 0 Å². The second-order valence-electron chi connectivity index (χ2n) is 3.65. The van der Waals surface area contributed by atoms with Crippen molar-refractivity contribution in [2.45, 2.75) is 4.90 Å². The molecule has 0 aliphatic rings. The van der Waals surface area contributed by atoms with Crippen molar-refractivity contribution in [1.82, 2.24) is 9.97 Å². The molecule has 104 valence electrons. The molecule has 1 aromatic carbocycles. The fourth-order valence-corrected chi connectivity index (χ4v) is 2.40. The molecule has 2 N–H and O–H groups in total. The lowest BCUT2D eigenvalue weighted by Gasteiger charge is -2.06. The maximum absolute atomic E-state index is 12.0. The molecule has 20 heavy (non-hydrogen) atoms. The van der Waals surface area contributed by atoms with E-state index in [1.807, 2.05) is 0 Å². The number of hydrogen-bond donors (Lipinski definition) is 2. The Bertz CT molecular complexity index is 797. The minimum absolute atomic E-state index is 0.0525. The minimum atomic E-state index is -3.94. The van der Waals surface area contributed by atoms with Gasteiger partial charge in [-0.1, -0.05) is 0 Å². The van der Waals surface area contributed by atoms with E-state index in [1.165, 1.54) is 6.07 Å². The summed E-state index contributed by atoms with van der Waals surface area (Å²) in [5, 5.41) is 10.5. The normalized spacial score (nSPS) is 11.0. The van der Waals surface area contributed by atoms with Crippen LogP contribution in [0.4, 0.5) is 11.5 Å². The summed E-state index contributed by atoms with van der Waals surface area (Å²) < 4.78 is 26.1. The highest BCUT2D eigenvalue weighted by molar-refractivity contribution is 7.92. The standard InChI is InChI=1S/C10H8N4O5S/c15-10-11-6-5-9(12-10)13-20(18,19)8-3-1-7(2-4-8)14(16)17/h1-6H,(H2,11,12,13,15). The first-order valence-corrected chi connectivity index (χ1v) is 6.69. The van der Waals surface area contributed by atoms with Crippen molar-refractivity contribution in [2.24, 2.45) is 0 Å². The highest BCUT2D eigenvalue weighted by atomic mass is 32.2. The number of aromatic nitrogens is 2. The van der Waals surface area contributed by atoms with Gasteiger partial charge in [0.05, 0.1) is 9.82 Å². The van der Waals surface area contributed by atoms with Crippen LogP contribution in [-0.2, 0) is 10.0 Å². The van der Waals surface area contributed by atoms with Crippen molar-refractivity contribution in [3.63, 3.8) is 0 Å². The van der Waals surface area contributed by atoms with Gasteiger partial charge >= 0.3 is 5.69 Å². The fourth-order valence-electron chi connectivity index (χ4n) is 1.38. The molecule has 0 saturated heterocycles. The summed E-state index contributed by atoms with van der Waals surface area (Å²) in [5.74, 6) is -0.0525. The van der Waals surface area contributed by atoms with Crippen molar-refractivity contribution in [3.05, 3.63) is 57.1 Å². The first-order valence-electron chi connectivity index (χ1n) is 5.21. The molecule has 1 heterocycles. The lowest BCUT2D eigenvalue weighted by Crippen LogP contribution is -2.18. The van der Waals surface area contributed by atoms with Crippen LogP contribution in [0, 0.1) is 10.1 Å². The Hall–Kier alpha value is -2.75. The number of nitro benzene ring substituents is 1. The van der Waals surface area contributed by atoms with Gasteiger partial charge in [-0.2, -0.15) is 0 Å². The third-order valence-electron chi connectivity index (χ3n) is 2.28. The van der Waals surface area contributed by atoms with E-state index in [4.69, 9.17) is 0 Å². The Labute approximate surface area is 112 Å². The predicted molar refractivity (Wildman–Crippen MR) is 68.8 cm³/mol. The van der Waals surface area contributed by atoms with Crippen molar-refractivity contribution >= 4 is 21.5 Å². The van der Waals surface area contributed by atoms with Crippen molar-refractivity contribution in [1.29, 1.82) is 0 Å². The average molecular weight is 296 g/mol. The Kier molecular flexibility index (Phi) is 3.48. The maximum atomic E-state index is 12.0. The Morgan fingerprint density at radius 3 is 2.40 bits per heavy atom. The van der Waals surface area contributed by atoms with E-state index < -0.39 is 20.6 Å². The van der Waals surface area contributed by atoms with Crippen LogP contribution in [0.1, 0.15) is 0 Å². The molecule has 0 aliphatic carbocycles. The predicted octanol–water partition coefficient (Wildman–Crippen LogP) is 0.479. The van der Waals surface area contributed by atoms with Gasteiger partial charge in [0.1, 0.15) is 5.82 Å². The molecule has 0 amide bonds. The number of anilines is 1. The van der Waals surface area contributed by atoms with Gasteiger partial charge in [0, 0.05) is 18.3 Å². The zero-order valence-electron chi connectivity index (χ0n) is 9.81. The van der Waals surface area contributed by atoms with Crippen LogP contribution in [0.2, 0.25) is 0 Å². The average Bonchev–Trinajstić information content (AvgIpc) is 2.38. The molecule has 0 spiro atoms. The summed E-state index contributed by atoms with van der Waals surface area (Å²) in [6.45, 7) is 0. The zero-order chi connectivity index (χ0) is 14.8. The van der Waals surface area contributed by atoms with Crippen LogP contribution in [-0.4, -0.2) is 23.3 Å². The number of rotatable bonds is 4. The molecule has 0 bridgehead atoms. The molecule has 2 aromatic rings. The summed E-state index contributed by atoms with van der Waals surface area (Å²) in [5.41, 5.74) is -0.921. The van der Waals surface area contributed by atoms with Gasteiger partial charge in [0.15, 0.2) is 0 Å². The van der Waals surface area contributed by atoms with Crippen LogP contribution < -0.4 is 10.4 Å². The second-order valence-corrected chi connectivity index (χ2v) is 5.33. The number of H-pyrrole nitrogens is 1. The number of benzene rings is 1. The van der Waals surface area contributed by atoms with E-state index in [0.29, 0.717) is 0 Å². The summed E-state index contributed by atoms with van der Waals surface area (Å²) in [6, 6.07) is 5.61. The van der Waals surface area contributed by atoms with Crippen LogP contribution in [0.25, 0.3) is 0 Å². The number of non-ortho nitro benzene ring substituents is 1. The first kappa shape index (κ1) is 13.7. The van der Waals surface area contributed by atoms with E-state index in [1.54, 1.807) is 0 Å². The fraction of sp³-hybridized carbons (Fsp3) is 0. The van der Waals surface area contributed by atoms with Crippen LogP contribution >= 0.6 is 0 Å². The number of sulfonamides is 1. The van der Waals surface area contributed by atoms with Gasteiger partial charge in [-0.25, -0.2) is 18.2 Å². The number of nitrogens with zero attached hydrogens (tertiary/aromatic N) is 2. The summed E-state index contributed by atoms with van der Waals surface area (Å²) in [4.78, 5) is 26.2. The first-order chi connectivity index (χ1) is 9.38. The van der Waals surface area contributed by atoms with E-state index in [9.17, 15) is 23.3 Å². The number of hydrogen-bond acceptors (Lipinski definition) is 6. The van der Waals surface area contributed by atoms with Gasteiger partial charge < -0.3 is 0 Å². The lowest BCUT2D eigenvalue weighted by atomic mass is 10.3. The summed E-state index contributed by atoms with van der Waals surface area (Å²) in [6.07, 6.45) is 1.15. The Morgan fingerprint density at radius 1 is 1.20 bits per heavy atom. The van der Waals surface area contributed by atoms with Gasteiger partial charge in [-0.05, 0) is 18.2 Å². The van der Waals surface area contributed by atoms with Crippen LogP contribution in [0.5, 0.6) is 0 Å². The molecule has 9 nitrogen and oxygen atoms in total. The smallest absolute Gasteiger partial charge is 0.291 e. The third kappa shape index (κ3) is 2.98. The van der Waals surface area contributed by atoms with Crippen molar-refractivity contribution < 1.29 is 13.3 Å². The molecular weight excluding hydrogens is 288 g/mol. The highest BCUT2D eigenvalue weighted by Gasteiger charge is 2.16. The van der Waals surface area contributed by atoms with E-state index >= 15 is 0 Å². The van der Waals surface area contributed by atoms with Gasteiger partial charge in [-0.3, -0.25) is 19.8 Å². The molecule has 1 aromatic heterocycles. The SMILES string of the molecule is O=c1nccc(NS(=O)(=O)c2ccc([N+](=O)[O-])cc2)[nH]1.